The second kappa shape index (κ2) is 15.6. The number of imide groups is 1. The number of carbonyl (C=O) groups is 2. The molecule has 232 valence electrons. The van der Waals surface area contributed by atoms with Gasteiger partial charge in [-0.1, -0.05) is 94.3 Å². The summed E-state index contributed by atoms with van der Waals surface area (Å²) in [6, 6.07) is 22.4. The first kappa shape index (κ1) is 31.3. The topological polar surface area (TPSA) is 81.9 Å². The second-order valence-corrected chi connectivity index (χ2v) is 11.7. The molecule has 1 unspecified atom stereocenters. The number of aromatic nitrogens is 1. The van der Waals surface area contributed by atoms with Crippen molar-refractivity contribution in [3.8, 4) is 17.2 Å². The fourth-order valence-electron chi connectivity index (χ4n) is 5.69. The molecule has 44 heavy (non-hydrogen) atoms. The summed E-state index contributed by atoms with van der Waals surface area (Å²) < 4.78 is 17.4. The molecule has 3 aromatic carbocycles. The minimum Gasteiger partial charge on any atom is -0.487 e. The first-order valence-corrected chi connectivity index (χ1v) is 16.2. The molecule has 0 spiro atoms. The van der Waals surface area contributed by atoms with Gasteiger partial charge in [0.1, 0.15) is 23.8 Å². The van der Waals surface area contributed by atoms with Crippen LogP contribution in [0.15, 0.2) is 71.1 Å². The van der Waals surface area contributed by atoms with Crippen LogP contribution in [0.4, 0.5) is 4.79 Å². The predicted molar refractivity (Wildman–Crippen MR) is 172 cm³/mol. The molecule has 2 amide bonds. The number of oxazole rings is 1. The Hall–Kier alpha value is -4.13. The molecule has 1 saturated heterocycles. The molecule has 0 radical (unpaired) electrons. The Balaban J connectivity index is 1.02. The third kappa shape index (κ3) is 8.28. The fourth-order valence-corrected chi connectivity index (χ4v) is 5.69. The van der Waals surface area contributed by atoms with Crippen LogP contribution in [0, 0.1) is 6.92 Å². The average molecular weight is 597 g/mol. The van der Waals surface area contributed by atoms with Crippen LogP contribution in [-0.4, -0.2) is 34.5 Å². The Morgan fingerprint density at radius 2 is 1.57 bits per heavy atom. The van der Waals surface area contributed by atoms with Crippen LogP contribution in [0.5, 0.6) is 5.75 Å². The van der Waals surface area contributed by atoms with Crippen LogP contribution in [0.1, 0.15) is 88.1 Å². The van der Waals surface area contributed by atoms with Crippen LogP contribution in [0.2, 0.25) is 0 Å². The third-order valence-electron chi connectivity index (χ3n) is 8.36. The summed E-state index contributed by atoms with van der Waals surface area (Å²) >= 11 is 0. The Labute approximate surface area is 260 Å². The highest BCUT2D eigenvalue weighted by Gasteiger charge is 2.39. The lowest BCUT2D eigenvalue weighted by Crippen LogP contribution is -2.32. The van der Waals surface area contributed by atoms with Crippen LogP contribution in [0.3, 0.4) is 0 Å². The SMILES string of the molecule is CCCCCCCCCCN1C(=O)OC(CCCc2ccc(OCc3nc(-c4ccc5ccccc5c4)oc3C)cc2)C1=O. The number of nitrogens with zero attached hydrogens (tertiary/aromatic N) is 2. The van der Waals surface area contributed by atoms with Crippen molar-refractivity contribution < 1.29 is 23.5 Å². The van der Waals surface area contributed by atoms with E-state index in [0.717, 1.165) is 65.8 Å². The van der Waals surface area contributed by atoms with Gasteiger partial charge in [0, 0.05) is 12.1 Å². The van der Waals surface area contributed by atoms with E-state index in [9.17, 15) is 9.59 Å². The van der Waals surface area contributed by atoms with Crippen LogP contribution in [0.25, 0.3) is 22.2 Å². The van der Waals surface area contributed by atoms with Gasteiger partial charge in [0.25, 0.3) is 5.91 Å². The van der Waals surface area contributed by atoms with Gasteiger partial charge in [-0.2, -0.15) is 0 Å². The average Bonchev–Trinajstić information content (AvgIpc) is 3.55. The Bertz CT molecular complexity index is 1530. The van der Waals surface area contributed by atoms with E-state index in [1.165, 1.54) is 42.4 Å². The van der Waals surface area contributed by atoms with Crippen molar-refractivity contribution in [2.75, 3.05) is 6.54 Å². The standard InChI is InChI=1S/C37H44N2O5/c1-3-4-5-6-7-8-9-12-24-39-36(40)34(44-37(39)41)17-13-14-28-18-22-32(23-19-28)42-26-33-27(2)43-35(38-33)31-21-20-29-15-10-11-16-30(29)25-31/h10-11,15-16,18-23,25,34H,3-9,12-14,17,24,26H2,1-2H3. The van der Waals surface area contributed by atoms with Crippen LogP contribution in [-0.2, 0) is 22.6 Å². The van der Waals surface area contributed by atoms with Crippen molar-refractivity contribution >= 4 is 22.8 Å². The summed E-state index contributed by atoms with van der Waals surface area (Å²) in [5.74, 6) is 1.89. The second-order valence-electron chi connectivity index (χ2n) is 11.7. The van der Waals surface area contributed by atoms with Crippen LogP contribution < -0.4 is 4.74 Å². The molecule has 4 aromatic rings. The predicted octanol–water partition coefficient (Wildman–Crippen LogP) is 9.19. The van der Waals surface area contributed by atoms with E-state index in [1.54, 1.807) is 0 Å². The zero-order valence-corrected chi connectivity index (χ0v) is 26.1. The third-order valence-corrected chi connectivity index (χ3v) is 8.36. The van der Waals surface area contributed by atoms with E-state index < -0.39 is 12.2 Å². The van der Waals surface area contributed by atoms with E-state index in [-0.39, 0.29) is 5.91 Å². The van der Waals surface area contributed by atoms with E-state index in [0.29, 0.717) is 25.5 Å². The lowest BCUT2D eigenvalue weighted by molar-refractivity contribution is -0.130. The summed E-state index contributed by atoms with van der Waals surface area (Å²) in [5, 5.41) is 2.32. The number of carbonyl (C=O) groups excluding carboxylic acids is 2. The molecule has 5 rings (SSSR count). The summed E-state index contributed by atoms with van der Waals surface area (Å²) in [7, 11) is 0. The minimum absolute atomic E-state index is 0.186. The fraction of sp³-hybridized carbons (Fsp3) is 0.432. The van der Waals surface area contributed by atoms with Crippen molar-refractivity contribution in [2.24, 2.45) is 0 Å². The molecule has 0 bridgehead atoms. The number of amides is 2. The first-order valence-electron chi connectivity index (χ1n) is 16.2. The smallest absolute Gasteiger partial charge is 0.417 e. The molecular weight excluding hydrogens is 552 g/mol. The molecule has 1 aliphatic heterocycles. The number of unbranched alkanes of at least 4 members (excludes halogenated alkanes) is 7. The number of rotatable bonds is 17. The normalized spacial score (nSPS) is 14.9. The van der Waals surface area contributed by atoms with Crippen molar-refractivity contribution in [1.29, 1.82) is 0 Å². The number of aryl methyl sites for hydroxylation is 2. The van der Waals surface area contributed by atoms with Crippen molar-refractivity contribution in [3.63, 3.8) is 0 Å². The number of hydrogen-bond donors (Lipinski definition) is 0. The maximum absolute atomic E-state index is 12.7. The van der Waals surface area contributed by atoms with Gasteiger partial charge in [0.15, 0.2) is 6.10 Å². The van der Waals surface area contributed by atoms with Gasteiger partial charge >= 0.3 is 6.09 Å². The van der Waals surface area contributed by atoms with E-state index in [1.807, 2.05) is 49.4 Å². The molecule has 0 aliphatic carbocycles. The summed E-state index contributed by atoms with van der Waals surface area (Å²) in [5.41, 5.74) is 2.85. The minimum atomic E-state index is -0.663. The largest absolute Gasteiger partial charge is 0.487 e. The maximum atomic E-state index is 12.7. The molecular formula is C37H44N2O5. The van der Waals surface area contributed by atoms with Crippen molar-refractivity contribution in [1.82, 2.24) is 9.88 Å². The van der Waals surface area contributed by atoms with Gasteiger partial charge in [-0.15, -0.1) is 0 Å². The molecule has 1 atom stereocenters. The lowest BCUT2D eigenvalue weighted by atomic mass is 10.1. The monoisotopic (exact) mass is 596 g/mol. The lowest BCUT2D eigenvalue weighted by Gasteiger charge is -2.11. The summed E-state index contributed by atoms with van der Waals surface area (Å²) in [6.45, 7) is 4.90. The highest BCUT2D eigenvalue weighted by atomic mass is 16.6. The first-order chi connectivity index (χ1) is 21.5. The molecule has 0 N–H and O–H groups in total. The Morgan fingerprint density at radius 3 is 2.34 bits per heavy atom. The van der Waals surface area contributed by atoms with Crippen molar-refractivity contribution in [3.05, 3.63) is 83.7 Å². The number of benzene rings is 3. The molecule has 0 saturated carbocycles. The maximum Gasteiger partial charge on any atom is 0.417 e. The molecule has 7 nitrogen and oxygen atoms in total. The number of ether oxygens (including phenoxy) is 2. The van der Waals surface area contributed by atoms with E-state index in [2.05, 4.69) is 31.2 Å². The molecule has 1 aromatic heterocycles. The zero-order chi connectivity index (χ0) is 30.7. The number of hydrogen-bond acceptors (Lipinski definition) is 6. The highest BCUT2D eigenvalue weighted by Crippen LogP contribution is 2.27. The van der Waals surface area contributed by atoms with Gasteiger partial charge < -0.3 is 13.9 Å². The summed E-state index contributed by atoms with van der Waals surface area (Å²) in [6.07, 6.45) is 10.3. The van der Waals surface area contributed by atoms with E-state index in [4.69, 9.17) is 18.9 Å². The molecule has 7 heteroatoms. The molecule has 1 fully saturated rings. The Kier molecular flexibility index (Phi) is 11.1. The van der Waals surface area contributed by atoms with Gasteiger partial charge in [-0.05, 0) is 73.2 Å². The van der Waals surface area contributed by atoms with Crippen LogP contribution >= 0.6 is 0 Å². The van der Waals surface area contributed by atoms with Gasteiger partial charge in [0.2, 0.25) is 5.89 Å². The zero-order valence-electron chi connectivity index (χ0n) is 26.1. The quantitative estimate of drug-likeness (QED) is 0.113. The van der Waals surface area contributed by atoms with E-state index >= 15 is 0 Å². The van der Waals surface area contributed by atoms with Gasteiger partial charge in [0.05, 0.1) is 0 Å². The molecule has 2 heterocycles. The van der Waals surface area contributed by atoms with Gasteiger partial charge in [-0.25, -0.2) is 14.7 Å². The van der Waals surface area contributed by atoms with Crippen molar-refractivity contribution in [2.45, 2.75) is 97.2 Å². The summed E-state index contributed by atoms with van der Waals surface area (Å²) in [4.78, 5) is 31.0. The molecule has 1 aliphatic rings. The number of fused-ring (bicyclic) bond motifs is 1. The van der Waals surface area contributed by atoms with Gasteiger partial charge in [-0.3, -0.25) is 4.79 Å². The Morgan fingerprint density at radius 1 is 0.841 bits per heavy atom. The highest BCUT2D eigenvalue weighted by molar-refractivity contribution is 6.00. The number of cyclic esters (lactones) is 1.